The van der Waals surface area contributed by atoms with E-state index in [4.69, 9.17) is 9.47 Å². The molecular weight excluding hydrogens is 424 g/mol. The Bertz CT molecular complexity index is 978. The van der Waals surface area contributed by atoms with Crippen molar-refractivity contribution < 1.29 is 14.3 Å². The molecule has 5 heteroatoms. The molecule has 1 heterocycles. The zero-order chi connectivity index (χ0) is 24.3. The molecule has 3 atom stereocenters. The second kappa shape index (κ2) is 10.1. The molecule has 4 rings (SSSR count). The lowest BCUT2D eigenvalue weighted by Crippen LogP contribution is -2.67. The van der Waals surface area contributed by atoms with Crippen LogP contribution < -0.4 is 4.74 Å². The van der Waals surface area contributed by atoms with E-state index in [1.807, 2.05) is 43.5 Å². The normalized spacial score (nSPS) is 27.3. The lowest BCUT2D eigenvalue weighted by Gasteiger charge is -2.60. The van der Waals surface area contributed by atoms with E-state index in [0.717, 1.165) is 56.6 Å². The van der Waals surface area contributed by atoms with Crippen LogP contribution in [0.1, 0.15) is 55.5 Å². The molecule has 5 nitrogen and oxygen atoms in total. The number of nitrogens with zero attached hydrogens (tertiary/aromatic N) is 2. The molecule has 0 N–H and O–H groups in total. The van der Waals surface area contributed by atoms with Gasteiger partial charge in [0.15, 0.2) is 0 Å². The van der Waals surface area contributed by atoms with E-state index in [2.05, 4.69) is 48.9 Å². The van der Waals surface area contributed by atoms with Crippen molar-refractivity contribution in [2.45, 2.75) is 56.6 Å². The molecule has 0 spiro atoms. The summed E-state index contributed by atoms with van der Waals surface area (Å²) >= 11 is 0. The first-order valence-electron chi connectivity index (χ1n) is 12.6. The second-order valence-corrected chi connectivity index (χ2v) is 10.6. The Morgan fingerprint density at radius 3 is 2.56 bits per heavy atom. The summed E-state index contributed by atoms with van der Waals surface area (Å²) in [4.78, 5) is 18.3. The van der Waals surface area contributed by atoms with Crippen molar-refractivity contribution in [2.24, 2.45) is 5.92 Å². The minimum absolute atomic E-state index is 0.137. The summed E-state index contributed by atoms with van der Waals surface area (Å²) in [5.74, 6) is 1.40. The van der Waals surface area contributed by atoms with E-state index in [0.29, 0.717) is 5.92 Å². The number of rotatable bonds is 7. The lowest BCUT2D eigenvalue weighted by molar-refractivity contribution is -0.150. The first-order chi connectivity index (χ1) is 16.3. The fraction of sp³-hybridized carbons (Fsp3) is 0.552. The van der Waals surface area contributed by atoms with Gasteiger partial charge in [-0.05, 0) is 75.0 Å². The van der Waals surface area contributed by atoms with Crippen LogP contribution in [0.15, 0.2) is 54.6 Å². The van der Waals surface area contributed by atoms with Gasteiger partial charge in [-0.1, -0.05) is 44.2 Å². The molecule has 1 aliphatic carbocycles. The van der Waals surface area contributed by atoms with Gasteiger partial charge in [-0.3, -0.25) is 4.79 Å². The predicted octanol–water partition coefficient (Wildman–Crippen LogP) is 5.00. The van der Waals surface area contributed by atoms with Crippen LogP contribution in [0.4, 0.5) is 0 Å². The number of ether oxygens (including phenoxy) is 2. The van der Waals surface area contributed by atoms with Crippen LogP contribution in [-0.2, 0) is 10.2 Å². The summed E-state index contributed by atoms with van der Waals surface area (Å²) in [5, 5.41) is 0. The van der Waals surface area contributed by atoms with E-state index in [9.17, 15) is 4.79 Å². The molecule has 184 valence electrons. The largest absolute Gasteiger partial charge is 0.497 e. The molecule has 2 aromatic carbocycles. The maximum atomic E-state index is 13.7. The van der Waals surface area contributed by atoms with Gasteiger partial charge in [0.2, 0.25) is 0 Å². The van der Waals surface area contributed by atoms with Crippen LogP contribution in [0.5, 0.6) is 5.75 Å². The van der Waals surface area contributed by atoms with E-state index in [1.165, 1.54) is 5.56 Å². The fourth-order valence-corrected chi connectivity index (χ4v) is 6.40. The van der Waals surface area contributed by atoms with Crippen LogP contribution in [0.25, 0.3) is 0 Å². The van der Waals surface area contributed by atoms with Crippen molar-refractivity contribution in [1.82, 2.24) is 9.80 Å². The lowest BCUT2D eigenvalue weighted by atomic mass is 9.55. The van der Waals surface area contributed by atoms with E-state index >= 15 is 0 Å². The molecule has 1 amide bonds. The van der Waals surface area contributed by atoms with E-state index in [-0.39, 0.29) is 23.0 Å². The molecule has 2 aliphatic rings. The highest BCUT2D eigenvalue weighted by molar-refractivity contribution is 5.94. The Balaban J connectivity index is 1.77. The number of likely N-dealkylation sites (tertiary alicyclic amines) is 1. The Labute approximate surface area is 205 Å². The zero-order valence-electron chi connectivity index (χ0n) is 21.4. The first kappa shape index (κ1) is 24.7. The maximum absolute atomic E-state index is 13.7. The summed E-state index contributed by atoms with van der Waals surface area (Å²) in [7, 11) is 5.78. The number of hydrogen-bond acceptors (Lipinski definition) is 4. The van der Waals surface area contributed by atoms with Crippen LogP contribution >= 0.6 is 0 Å². The van der Waals surface area contributed by atoms with Gasteiger partial charge >= 0.3 is 0 Å². The monoisotopic (exact) mass is 464 g/mol. The van der Waals surface area contributed by atoms with Crippen molar-refractivity contribution in [2.75, 3.05) is 40.9 Å². The van der Waals surface area contributed by atoms with E-state index in [1.54, 1.807) is 7.11 Å². The maximum Gasteiger partial charge on any atom is 0.254 e. The molecule has 1 saturated carbocycles. The van der Waals surface area contributed by atoms with Gasteiger partial charge < -0.3 is 19.3 Å². The molecule has 1 saturated heterocycles. The topological polar surface area (TPSA) is 42.0 Å². The third kappa shape index (κ3) is 4.48. The van der Waals surface area contributed by atoms with Crippen LogP contribution in [-0.4, -0.2) is 68.3 Å². The Kier molecular flexibility index (Phi) is 7.34. The molecule has 0 radical (unpaired) electrons. The van der Waals surface area contributed by atoms with Crippen LogP contribution in [0.2, 0.25) is 0 Å². The second-order valence-electron chi connectivity index (χ2n) is 10.6. The molecule has 1 aliphatic heterocycles. The summed E-state index contributed by atoms with van der Waals surface area (Å²) in [5.41, 5.74) is 1.56. The molecule has 2 unspecified atom stereocenters. The predicted molar refractivity (Wildman–Crippen MR) is 136 cm³/mol. The molecule has 2 aromatic rings. The number of piperidine rings is 1. The number of hydrogen-bond donors (Lipinski definition) is 0. The van der Waals surface area contributed by atoms with Gasteiger partial charge in [-0.15, -0.1) is 0 Å². The standard InChI is InChI=1S/C29H40N2O3/c1-22(2)20-31(27(32)23-10-7-6-8-11-23)25-14-15-29(34-5)21-30(3)17-16-28(29,19-25)24-12-9-13-26(18-24)33-4/h6-13,18,22,25H,14-17,19-21H2,1-5H3/t25-,28?,29?/m1/s1. The molecule has 0 aromatic heterocycles. The van der Waals surface area contributed by atoms with Gasteiger partial charge in [-0.25, -0.2) is 0 Å². The summed E-state index contributed by atoms with van der Waals surface area (Å²) in [6.45, 7) is 7.05. The summed E-state index contributed by atoms with van der Waals surface area (Å²) in [6, 6.07) is 18.4. The minimum Gasteiger partial charge on any atom is -0.497 e. The van der Waals surface area contributed by atoms with Crippen molar-refractivity contribution in [3.63, 3.8) is 0 Å². The summed E-state index contributed by atoms with van der Waals surface area (Å²) in [6.07, 6.45) is 3.76. The summed E-state index contributed by atoms with van der Waals surface area (Å²) < 4.78 is 12.1. The van der Waals surface area contributed by atoms with Gasteiger partial charge in [0.05, 0.1) is 12.7 Å². The molecule has 0 bridgehead atoms. The van der Waals surface area contributed by atoms with Crippen molar-refractivity contribution in [1.29, 1.82) is 0 Å². The third-order valence-electron chi connectivity index (χ3n) is 8.08. The highest BCUT2D eigenvalue weighted by Gasteiger charge is 2.59. The number of amides is 1. The molecule has 34 heavy (non-hydrogen) atoms. The number of methoxy groups -OCH3 is 2. The highest BCUT2D eigenvalue weighted by Crippen LogP contribution is 2.54. The van der Waals surface area contributed by atoms with Crippen molar-refractivity contribution >= 4 is 5.91 Å². The van der Waals surface area contributed by atoms with Gasteiger partial charge in [0.25, 0.3) is 5.91 Å². The van der Waals surface area contributed by atoms with Crippen LogP contribution in [0, 0.1) is 5.92 Å². The average Bonchev–Trinajstić information content (AvgIpc) is 2.87. The minimum atomic E-state index is -0.290. The number of carbonyl (C=O) groups is 1. The van der Waals surface area contributed by atoms with Crippen molar-refractivity contribution in [3.05, 3.63) is 65.7 Å². The number of fused-ring (bicyclic) bond motifs is 1. The Morgan fingerprint density at radius 2 is 1.88 bits per heavy atom. The highest BCUT2D eigenvalue weighted by atomic mass is 16.5. The number of likely N-dealkylation sites (N-methyl/N-ethyl adjacent to an activating group) is 1. The number of benzene rings is 2. The Morgan fingerprint density at radius 1 is 1.12 bits per heavy atom. The fourth-order valence-electron chi connectivity index (χ4n) is 6.40. The third-order valence-corrected chi connectivity index (χ3v) is 8.08. The smallest absolute Gasteiger partial charge is 0.254 e. The average molecular weight is 465 g/mol. The van der Waals surface area contributed by atoms with Crippen LogP contribution in [0.3, 0.4) is 0 Å². The van der Waals surface area contributed by atoms with Gasteiger partial charge in [-0.2, -0.15) is 0 Å². The first-order valence-corrected chi connectivity index (χ1v) is 12.6. The number of carbonyl (C=O) groups excluding carboxylic acids is 1. The Hall–Kier alpha value is -2.37. The SMILES string of the molecule is COc1cccc(C23CCN(C)CC2(OC)CC[C@@H](N(CC(C)C)C(=O)c2ccccc2)C3)c1. The quantitative estimate of drug-likeness (QED) is 0.578. The molecular formula is C29H40N2O3. The molecule has 2 fully saturated rings. The zero-order valence-corrected chi connectivity index (χ0v) is 21.4. The van der Waals surface area contributed by atoms with E-state index < -0.39 is 0 Å². The van der Waals surface area contributed by atoms with Crippen molar-refractivity contribution in [3.8, 4) is 5.75 Å². The van der Waals surface area contributed by atoms with Gasteiger partial charge in [0.1, 0.15) is 5.75 Å². The van der Waals surface area contributed by atoms with Gasteiger partial charge in [0, 0.05) is 37.2 Å².